The van der Waals surface area contributed by atoms with E-state index in [9.17, 15) is 13.2 Å². The van der Waals surface area contributed by atoms with Gasteiger partial charge in [-0.1, -0.05) is 6.42 Å². The Morgan fingerprint density at radius 2 is 2.05 bits per heavy atom. The van der Waals surface area contributed by atoms with E-state index in [2.05, 4.69) is 5.32 Å². The number of rotatable bonds is 5. The van der Waals surface area contributed by atoms with Crippen LogP contribution >= 0.6 is 0 Å². The van der Waals surface area contributed by atoms with E-state index in [0.29, 0.717) is 18.7 Å². The Bertz CT molecular complexity index is 545. The maximum atomic E-state index is 12.9. The molecule has 1 aromatic carbocycles. The van der Waals surface area contributed by atoms with E-state index in [-0.39, 0.29) is 17.6 Å². The van der Waals surface area contributed by atoms with Crippen molar-refractivity contribution in [1.82, 2.24) is 0 Å². The van der Waals surface area contributed by atoms with Crippen LogP contribution in [0.2, 0.25) is 0 Å². The van der Waals surface area contributed by atoms with E-state index >= 15 is 0 Å². The Labute approximate surface area is 121 Å². The smallest absolute Gasteiger partial charge is 0.396 e. The molecule has 1 aliphatic rings. The molecule has 21 heavy (non-hydrogen) atoms. The first-order valence-corrected chi connectivity index (χ1v) is 6.86. The van der Waals surface area contributed by atoms with Crippen LogP contribution in [0.1, 0.15) is 36.8 Å². The average molecular weight is 298 g/mol. The molecular weight excluding hydrogens is 281 g/mol. The quantitative estimate of drug-likeness (QED) is 0.874. The van der Waals surface area contributed by atoms with Crippen molar-refractivity contribution in [3.05, 3.63) is 29.3 Å². The highest BCUT2D eigenvalue weighted by Gasteiger charge is 2.37. The third-order valence-electron chi connectivity index (χ3n) is 4.17. The molecule has 6 heteroatoms. The number of aliphatic hydroxyl groups is 1. The van der Waals surface area contributed by atoms with E-state index in [1.807, 2.05) is 0 Å². The van der Waals surface area contributed by atoms with Crippen LogP contribution in [0, 0.1) is 16.7 Å². The molecule has 1 aromatic rings. The Morgan fingerprint density at radius 3 is 2.52 bits per heavy atom. The Hall–Kier alpha value is -1.74. The standard InChI is InChI=1S/C15H17F3N2O/c16-15(17,18)13-8-12(3-2-11(13)9-19)20-10-14(6-7-21)4-1-5-14/h2-3,8,20-21H,1,4-7,10H2. The van der Waals surface area contributed by atoms with Crippen molar-refractivity contribution in [1.29, 1.82) is 5.26 Å². The lowest BCUT2D eigenvalue weighted by molar-refractivity contribution is -0.137. The number of benzene rings is 1. The maximum Gasteiger partial charge on any atom is 0.417 e. The van der Waals surface area contributed by atoms with Gasteiger partial charge in [-0.05, 0) is 42.9 Å². The van der Waals surface area contributed by atoms with Crippen LogP contribution < -0.4 is 5.32 Å². The molecule has 114 valence electrons. The zero-order valence-corrected chi connectivity index (χ0v) is 11.5. The van der Waals surface area contributed by atoms with Crippen molar-refractivity contribution in [3.63, 3.8) is 0 Å². The van der Waals surface area contributed by atoms with E-state index < -0.39 is 11.7 Å². The number of nitrogens with zero attached hydrogens (tertiary/aromatic N) is 1. The lowest BCUT2D eigenvalue weighted by Crippen LogP contribution is -2.37. The normalized spacial score (nSPS) is 16.9. The van der Waals surface area contributed by atoms with Gasteiger partial charge in [-0.3, -0.25) is 0 Å². The van der Waals surface area contributed by atoms with Gasteiger partial charge in [0.1, 0.15) is 0 Å². The van der Waals surface area contributed by atoms with Crippen molar-refractivity contribution in [3.8, 4) is 6.07 Å². The lowest BCUT2D eigenvalue weighted by atomic mass is 9.67. The maximum absolute atomic E-state index is 12.9. The van der Waals surface area contributed by atoms with Crippen molar-refractivity contribution in [2.45, 2.75) is 31.9 Å². The molecule has 0 aliphatic heterocycles. The van der Waals surface area contributed by atoms with E-state index in [1.165, 1.54) is 12.1 Å². The molecule has 0 aromatic heterocycles. The van der Waals surface area contributed by atoms with Gasteiger partial charge < -0.3 is 10.4 Å². The first kappa shape index (κ1) is 15.6. The minimum Gasteiger partial charge on any atom is -0.396 e. The molecule has 2 N–H and O–H groups in total. The number of nitrogens with one attached hydrogen (secondary N) is 1. The minimum atomic E-state index is -4.54. The first-order chi connectivity index (χ1) is 9.90. The van der Waals surface area contributed by atoms with Crippen LogP contribution in [-0.4, -0.2) is 18.3 Å². The number of nitriles is 1. The van der Waals surface area contributed by atoms with Crippen LogP contribution in [0.25, 0.3) is 0 Å². The fourth-order valence-electron chi connectivity index (χ4n) is 2.70. The lowest BCUT2D eigenvalue weighted by Gasteiger charge is -2.42. The summed E-state index contributed by atoms with van der Waals surface area (Å²) in [6.45, 7) is 0.625. The monoisotopic (exact) mass is 298 g/mol. The molecule has 0 heterocycles. The molecule has 0 radical (unpaired) electrons. The van der Waals surface area contributed by atoms with Gasteiger partial charge in [0.2, 0.25) is 0 Å². The molecule has 1 aliphatic carbocycles. The Morgan fingerprint density at radius 1 is 1.33 bits per heavy atom. The van der Waals surface area contributed by atoms with Crippen molar-refractivity contribution in [2.75, 3.05) is 18.5 Å². The van der Waals surface area contributed by atoms with Crippen LogP contribution in [0.3, 0.4) is 0 Å². The molecule has 1 fully saturated rings. The van der Waals surface area contributed by atoms with Crippen LogP contribution in [0.5, 0.6) is 0 Å². The molecule has 0 unspecified atom stereocenters. The number of anilines is 1. The first-order valence-electron chi connectivity index (χ1n) is 6.86. The molecule has 0 amide bonds. The molecular formula is C15H17F3N2O. The van der Waals surface area contributed by atoms with Crippen LogP contribution in [0.15, 0.2) is 18.2 Å². The van der Waals surface area contributed by atoms with Gasteiger partial charge in [0.05, 0.1) is 17.2 Å². The summed E-state index contributed by atoms with van der Waals surface area (Å²) < 4.78 is 38.6. The number of halogens is 3. The van der Waals surface area contributed by atoms with Crippen LogP contribution in [0.4, 0.5) is 18.9 Å². The van der Waals surface area contributed by atoms with Gasteiger partial charge in [0.15, 0.2) is 0 Å². The Balaban J connectivity index is 2.13. The molecule has 0 bridgehead atoms. The second-order valence-corrected chi connectivity index (χ2v) is 5.55. The van der Waals surface area contributed by atoms with E-state index in [1.54, 1.807) is 6.07 Å². The highest BCUT2D eigenvalue weighted by molar-refractivity contribution is 5.53. The zero-order chi connectivity index (χ0) is 15.5. The van der Waals surface area contributed by atoms with E-state index in [4.69, 9.17) is 10.4 Å². The van der Waals surface area contributed by atoms with Crippen molar-refractivity contribution >= 4 is 5.69 Å². The molecule has 3 nitrogen and oxygen atoms in total. The predicted octanol–water partition coefficient (Wildman–Crippen LogP) is 3.54. The third kappa shape index (κ3) is 3.48. The van der Waals surface area contributed by atoms with Crippen molar-refractivity contribution < 1.29 is 18.3 Å². The number of alkyl halides is 3. The largest absolute Gasteiger partial charge is 0.417 e. The molecule has 2 rings (SSSR count). The summed E-state index contributed by atoms with van der Waals surface area (Å²) in [6.07, 6.45) is -0.848. The van der Waals surface area contributed by atoms with Gasteiger partial charge in [0, 0.05) is 18.8 Å². The van der Waals surface area contributed by atoms with Gasteiger partial charge >= 0.3 is 6.18 Å². The number of hydrogen-bond acceptors (Lipinski definition) is 3. The average Bonchev–Trinajstić information content (AvgIpc) is 2.40. The minimum absolute atomic E-state index is 0.0129. The number of hydrogen-bond donors (Lipinski definition) is 2. The summed E-state index contributed by atoms with van der Waals surface area (Å²) in [5.74, 6) is 0. The predicted molar refractivity (Wildman–Crippen MR) is 72.6 cm³/mol. The SMILES string of the molecule is N#Cc1ccc(NCC2(CCO)CCC2)cc1C(F)(F)F. The fraction of sp³-hybridized carbons (Fsp3) is 0.533. The summed E-state index contributed by atoms with van der Waals surface area (Å²) in [7, 11) is 0. The van der Waals surface area contributed by atoms with Gasteiger partial charge in [0.25, 0.3) is 0 Å². The van der Waals surface area contributed by atoms with E-state index in [0.717, 1.165) is 25.3 Å². The summed E-state index contributed by atoms with van der Waals surface area (Å²) in [5, 5.41) is 20.8. The molecule has 0 spiro atoms. The Kier molecular flexibility index (Phi) is 4.43. The molecule has 1 saturated carbocycles. The topological polar surface area (TPSA) is 56.0 Å². The summed E-state index contributed by atoms with van der Waals surface area (Å²) in [6, 6.07) is 5.21. The highest BCUT2D eigenvalue weighted by atomic mass is 19.4. The summed E-state index contributed by atoms with van der Waals surface area (Å²) in [4.78, 5) is 0. The second-order valence-electron chi connectivity index (χ2n) is 5.55. The third-order valence-corrected chi connectivity index (χ3v) is 4.17. The van der Waals surface area contributed by atoms with Gasteiger partial charge in [-0.15, -0.1) is 0 Å². The fourth-order valence-corrected chi connectivity index (χ4v) is 2.70. The highest BCUT2D eigenvalue weighted by Crippen LogP contribution is 2.44. The zero-order valence-electron chi connectivity index (χ0n) is 11.5. The number of aliphatic hydroxyl groups excluding tert-OH is 1. The second kappa shape index (κ2) is 5.94. The van der Waals surface area contributed by atoms with Crippen LogP contribution in [-0.2, 0) is 6.18 Å². The molecule has 0 saturated heterocycles. The molecule has 0 atom stereocenters. The van der Waals surface area contributed by atoms with Crippen molar-refractivity contribution in [2.24, 2.45) is 5.41 Å². The summed E-state index contributed by atoms with van der Waals surface area (Å²) in [5.41, 5.74) is -0.951. The van der Waals surface area contributed by atoms with Gasteiger partial charge in [-0.25, -0.2) is 0 Å². The van der Waals surface area contributed by atoms with Gasteiger partial charge in [-0.2, -0.15) is 18.4 Å². The summed E-state index contributed by atoms with van der Waals surface area (Å²) >= 11 is 0.